The Hall–Kier alpha value is -1.73. The van der Waals surface area contributed by atoms with Crippen molar-refractivity contribution in [2.24, 2.45) is 5.41 Å². The SMILES string of the molecule is c1ccc(N2CCC[C@@]3(COCCN(c4nncs4)C3)C2)nc1. The molecule has 0 radical (unpaired) electrons. The zero-order chi connectivity index (χ0) is 15.5. The number of hydrogen-bond donors (Lipinski definition) is 0. The van der Waals surface area contributed by atoms with E-state index in [9.17, 15) is 0 Å². The molecule has 2 fully saturated rings. The van der Waals surface area contributed by atoms with Crippen molar-refractivity contribution in [2.45, 2.75) is 12.8 Å². The molecule has 2 aromatic rings. The Morgan fingerprint density at radius 1 is 1.17 bits per heavy atom. The van der Waals surface area contributed by atoms with Crippen LogP contribution in [0, 0.1) is 5.41 Å². The molecule has 0 saturated carbocycles. The minimum Gasteiger partial charge on any atom is -0.379 e. The average Bonchev–Trinajstić information content (AvgIpc) is 3.06. The van der Waals surface area contributed by atoms with Crippen LogP contribution in [0.4, 0.5) is 10.9 Å². The molecule has 4 heterocycles. The predicted octanol–water partition coefficient (Wildman–Crippen LogP) is 2.06. The quantitative estimate of drug-likeness (QED) is 0.839. The van der Waals surface area contributed by atoms with Crippen LogP contribution in [0.15, 0.2) is 29.9 Å². The summed E-state index contributed by atoms with van der Waals surface area (Å²) in [5, 5.41) is 9.24. The van der Waals surface area contributed by atoms with Crippen LogP contribution in [0.25, 0.3) is 0 Å². The second-order valence-electron chi connectivity index (χ2n) is 6.41. The fourth-order valence-electron chi connectivity index (χ4n) is 3.65. The molecular formula is C16H21N5OS. The van der Waals surface area contributed by atoms with Gasteiger partial charge in [-0.3, -0.25) is 0 Å². The third-order valence-corrected chi connectivity index (χ3v) is 5.44. The highest BCUT2D eigenvalue weighted by atomic mass is 32.1. The Labute approximate surface area is 140 Å². The molecule has 1 spiro atoms. The van der Waals surface area contributed by atoms with Crippen molar-refractivity contribution in [1.29, 1.82) is 0 Å². The lowest BCUT2D eigenvalue weighted by Crippen LogP contribution is -2.51. The summed E-state index contributed by atoms with van der Waals surface area (Å²) < 4.78 is 5.97. The number of anilines is 2. The maximum atomic E-state index is 5.97. The molecule has 0 N–H and O–H groups in total. The fraction of sp³-hybridized carbons (Fsp3) is 0.562. The standard InChI is InChI=1S/C16H21N5OS/c1-2-6-17-14(4-1)20-7-3-5-16(10-20)11-21(8-9-22-12-16)15-19-18-13-23-15/h1-2,4,6,13H,3,5,7-12H2/t16-/m1/s1. The zero-order valence-corrected chi connectivity index (χ0v) is 13.9. The summed E-state index contributed by atoms with van der Waals surface area (Å²) in [5.74, 6) is 1.07. The van der Waals surface area contributed by atoms with Gasteiger partial charge in [-0.2, -0.15) is 0 Å². The Kier molecular flexibility index (Phi) is 4.13. The van der Waals surface area contributed by atoms with Gasteiger partial charge in [-0.1, -0.05) is 17.4 Å². The first-order valence-electron chi connectivity index (χ1n) is 8.10. The summed E-state index contributed by atoms with van der Waals surface area (Å²) in [7, 11) is 0. The first-order chi connectivity index (χ1) is 11.3. The summed E-state index contributed by atoms with van der Waals surface area (Å²) in [5.41, 5.74) is 1.94. The summed E-state index contributed by atoms with van der Waals surface area (Å²) in [6.07, 6.45) is 4.23. The number of ether oxygens (including phenoxy) is 1. The van der Waals surface area contributed by atoms with E-state index in [0.717, 1.165) is 50.3 Å². The number of rotatable bonds is 2. The normalized spacial score (nSPS) is 25.6. The summed E-state index contributed by atoms with van der Waals surface area (Å²) in [6.45, 7) is 5.49. The minimum absolute atomic E-state index is 0.137. The molecule has 2 aromatic heterocycles. The molecule has 1 atom stereocenters. The molecule has 7 heteroatoms. The Bertz CT molecular complexity index is 623. The van der Waals surface area contributed by atoms with Gasteiger partial charge >= 0.3 is 0 Å². The van der Waals surface area contributed by atoms with E-state index in [0.29, 0.717) is 0 Å². The van der Waals surface area contributed by atoms with Crippen molar-refractivity contribution in [1.82, 2.24) is 15.2 Å². The van der Waals surface area contributed by atoms with Gasteiger partial charge in [-0.25, -0.2) is 4.98 Å². The van der Waals surface area contributed by atoms with Crippen LogP contribution in [0.1, 0.15) is 12.8 Å². The van der Waals surface area contributed by atoms with Crippen molar-refractivity contribution in [3.63, 3.8) is 0 Å². The van der Waals surface area contributed by atoms with Gasteiger partial charge in [-0.05, 0) is 25.0 Å². The molecule has 23 heavy (non-hydrogen) atoms. The van der Waals surface area contributed by atoms with Crippen LogP contribution in [0.3, 0.4) is 0 Å². The van der Waals surface area contributed by atoms with Crippen LogP contribution < -0.4 is 9.80 Å². The van der Waals surface area contributed by atoms with Crippen LogP contribution >= 0.6 is 11.3 Å². The smallest absolute Gasteiger partial charge is 0.208 e. The topological polar surface area (TPSA) is 54.4 Å². The molecular weight excluding hydrogens is 310 g/mol. The zero-order valence-electron chi connectivity index (χ0n) is 13.1. The van der Waals surface area contributed by atoms with Crippen LogP contribution in [-0.2, 0) is 4.74 Å². The Morgan fingerprint density at radius 2 is 2.13 bits per heavy atom. The first-order valence-corrected chi connectivity index (χ1v) is 8.98. The van der Waals surface area contributed by atoms with Gasteiger partial charge in [0.15, 0.2) is 0 Å². The highest BCUT2D eigenvalue weighted by molar-refractivity contribution is 7.13. The Morgan fingerprint density at radius 3 is 2.96 bits per heavy atom. The molecule has 2 saturated heterocycles. The molecule has 6 nitrogen and oxygen atoms in total. The van der Waals surface area contributed by atoms with E-state index < -0.39 is 0 Å². The van der Waals surface area contributed by atoms with E-state index in [1.54, 1.807) is 16.8 Å². The molecule has 4 rings (SSSR count). The van der Waals surface area contributed by atoms with Crippen molar-refractivity contribution < 1.29 is 4.74 Å². The lowest BCUT2D eigenvalue weighted by molar-refractivity contribution is 0.0597. The highest BCUT2D eigenvalue weighted by Crippen LogP contribution is 2.36. The van der Waals surface area contributed by atoms with Crippen LogP contribution in [-0.4, -0.2) is 54.6 Å². The van der Waals surface area contributed by atoms with E-state index >= 15 is 0 Å². The average molecular weight is 331 g/mol. The second-order valence-corrected chi connectivity index (χ2v) is 7.22. The molecule has 2 aliphatic rings. The van der Waals surface area contributed by atoms with E-state index in [-0.39, 0.29) is 5.41 Å². The predicted molar refractivity (Wildman–Crippen MR) is 91.1 cm³/mol. The number of hydrogen-bond acceptors (Lipinski definition) is 7. The molecule has 0 bridgehead atoms. The van der Waals surface area contributed by atoms with Gasteiger partial charge in [0.1, 0.15) is 11.3 Å². The number of aromatic nitrogens is 3. The molecule has 0 aliphatic carbocycles. The minimum atomic E-state index is 0.137. The maximum Gasteiger partial charge on any atom is 0.208 e. The molecule has 0 aromatic carbocycles. The third kappa shape index (κ3) is 3.16. The molecule has 0 amide bonds. The first kappa shape index (κ1) is 14.8. The van der Waals surface area contributed by atoms with Crippen LogP contribution in [0.2, 0.25) is 0 Å². The van der Waals surface area contributed by atoms with Gasteiger partial charge < -0.3 is 14.5 Å². The molecule has 0 unspecified atom stereocenters. The summed E-state index contributed by atoms with van der Waals surface area (Å²) in [4.78, 5) is 9.26. The van der Waals surface area contributed by atoms with Gasteiger partial charge in [0.25, 0.3) is 0 Å². The number of nitrogens with zero attached hydrogens (tertiary/aromatic N) is 5. The van der Waals surface area contributed by atoms with Gasteiger partial charge in [0, 0.05) is 37.8 Å². The molecule has 2 aliphatic heterocycles. The lowest BCUT2D eigenvalue weighted by atomic mass is 9.80. The van der Waals surface area contributed by atoms with Crippen molar-refractivity contribution in [3.05, 3.63) is 29.9 Å². The van der Waals surface area contributed by atoms with Crippen molar-refractivity contribution in [3.8, 4) is 0 Å². The Balaban J connectivity index is 1.55. The largest absolute Gasteiger partial charge is 0.379 e. The van der Waals surface area contributed by atoms with E-state index in [1.165, 1.54) is 12.8 Å². The fourth-order valence-corrected chi connectivity index (χ4v) is 4.24. The monoisotopic (exact) mass is 331 g/mol. The van der Waals surface area contributed by atoms with E-state index in [1.807, 2.05) is 12.3 Å². The third-order valence-electron chi connectivity index (χ3n) is 4.69. The number of piperidine rings is 1. The maximum absolute atomic E-state index is 5.97. The summed E-state index contributed by atoms with van der Waals surface area (Å²) >= 11 is 1.61. The van der Waals surface area contributed by atoms with Gasteiger partial charge in [0.05, 0.1) is 13.2 Å². The highest BCUT2D eigenvalue weighted by Gasteiger charge is 2.39. The van der Waals surface area contributed by atoms with E-state index in [4.69, 9.17) is 4.74 Å². The van der Waals surface area contributed by atoms with Crippen LogP contribution in [0.5, 0.6) is 0 Å². The molecule has 122 valence electrons. The van der Waals surface area contributed by atoms with Crippen molar-refractivity contribution in [2.75, 3.05) is 49.2 Å². The van der Waals surface area contributed by atoms with Crippen molar-refractivity contribution >= 4 is 22.3 Å². The number of pyridine rings is 1. The second kappa shape index (κ2) is 6.41. The lowest BCUT2D eigenvalue weighted by Gasteiger charge is -2.43. The summed E-state index contributed by atoms with van der Waals surface area (Å²) in [6, 6.07) is 6.12. The van der Waals surface area contributed by atoms with Gasteiger partial charge in [-0.15, -0.1) is 10.2 Å². The van der Waals surface area contributed by atoms with E-state index in [2.05, 4.69) is 37.1 Å². The van der Waals surface area contributed by atoms with Gasteiger partial charge in [0.2, 0.25) is 5.13 Å².